The van der Waals surface area contributed by atoms with E-state index >= 15 is 0 Å². The lowest BCUT2D eigenvalue weighted by atomic mass is 10.2. The van der Waals surface area contributed by atoms with E-state index in [1.54, 1.807) is 13.8 Å². The van der Waals surface area contributed by atoms with E-state index in [1.165, 1.54) is 13.2 Å². The minimum absolute atomic E-state index is 0.0422. The Labute approximate surface area is 117 Å². The van der Waals surface area contributed by atoms with E-state index in [9.17, 15) is 13.2 Å². The van der Waals surface area contributed by atoms with E-state index in [4.69, 9.17) is 21.4 Å². The third-order valence-corrected chi connectivity index (χ3v) is 4.64. The molecule has 0 unspecified atom stereocenters. The highest BCUT2D eigenvalue weighted by atomic mass is 35.5. The number of hydrogen-bond acceptors (Lipinski definition) is 4. The maximum atomic E-state index is 12.2. The quantitative estimate of drug-likeness (QED) is 0.904. The van der Waals surface area contributed by atoms with Crippen molar-refractivity contribution in [2.45, 2.75) is 18.7 Å². The maximum absolute atomic E-state index is 12.2. The van der Waals surface area contributed by atoms with Crippen molar-refractivity contribution in [1.29, 1.82) is 0 Å². The number of methoxy groups -OCH3 is 1. The number of halogens is 1. The lowest BCUT2D eigenvalue weighted by molar-refractivity contribution is 0.0693. The Morgan fingerprint density at radius 3 is 2.42 bits per heavy atom. The van der Waals surface area contributed by atoms with Crippen molar-refractivity contribution in [2.24, 2.45) is 5.92 Å². The van der Waals surface area contributed by atoms with Gasteiger partial charge in [-0.25, -0.2) is 13.2 Å². The van der Waals surface area contributed by atoms with E-state index < -0.39 is 15.8 Å². The highest BCUT2D eigenvalue weighted by Gasteiger charge is 2.26. The van der Waals surface area contributed by atoms with Crippen molar-refractivity contribution in [2.75, 3.05) is 12.9 Å². The molecule has 106 valence electrons. The summed E-state index contributed by atoms with van der Waals surface area (Å²) in [4.78, 5) is 10.9. The fourth-order valence-electron chi connectivity index (χ4n) is 1.70. The van der Waals surface area contributed by atoms with Crippen LogP contribution in [-0.2, 0) is 9.84 Å². The van der Waals surface area contributed by atoms with Gasteiger partial charge in [0.25, 0.3) is 0 Å². The summed E-state index contributed by atoms with van der Waals surface area (Å²) >= 11 is 5.78. The monoisotopic (exact) mass is 306 g/mol. The molecule has 7 heteroatoms. The van der Waals surface area contributed by atoms with Gasteiger partial charge in [-0.05, 0) is 18.1 Å². The fourth-order valence-corrected chi connectivity index (χ4v) is 3.82. The Morgan fingerprint density at radius 2 is 2.00 bits per heavy atom. The Bertz CT molecular complexity index is 592. The predicted molar refractivity (Wildman–Crippen MR) is 71.9 cm³/mol. The molecule has 1 aromatic rings. The Hall–Kier alpha value is -1.27. The van der Waals surface area contributed by atoms with Crippen LogP contribution < -0.4 is 4.74 Å². The molecule has 0 bridgehead atoms. The molecule has 0 amide bonds. The van der Waals surface area contributed by atoms with E-state index in [-0.39, 0.29) is 32.9 Å². The van der Waals surface area contributed by atoms with Crippen molar-refractivity contribution in [1.82, 2.24) is 0 Å². The van der Waals surface area contributed by atoms with Gasteiger partial charge in [0.15, 0.2) is 15.6 Å². The lowest BCUT2D eigenvalue weighted by Crippen LogP contribution is -2.14. The van der Waals surface area contributed by atoms with Gasteiger partial charge < -0.3 is 9.84 Å². The predicted octanol–water partition coefficient (Wildman–Crippen LogP) is 2.48. The summed E-state index contributed by atoms with van der Waals surface area (Å²) in [5, 5.41) is 9.10. The van der Waals surface area contributed by atoms with Crippen LogP contribution in [0.1, 0.15) is 24.2 Å². The molecule has 1 rings (SSSR count). The number of sulfone groups is 1. The number of ether oxygens (including phenoxy) is 1. The first-order chi connectivity index (χ1) is 8.69. The van der Waals surface area contributed by atoms with Gasteiger partial charge in [0.05, 0.1) is 12.9 Å². The summed E-state index contributed by atoms with van der Waals surface area (Å²) in [7, 11) is -2.43. The molecule has 5 nitrogen and oxygen atoms in total. The molecule has 0 atom stereocenters. The molecule has 0 aromatic heterocycles. The largest absolute Gasteiger partial charge is 0.494 e. The van der Waals surface area contributed by atoms with Crippen molar-refractivity contribution in [3.8, 4) is 5.75 Å². The molecule has 19 heavy (non-hydrogen) atoms. The summed E-state index contributed by atoms with van der Waals surface area (Å²) in [6.45, 7) is 3.51. The second kappa shape index (κ2) is 5.79. The zero-order chi connectivity index (χ0) is 14.8. The van der Waals surface area contributed by atoms with Gasteiger partial charge in [0.1, 0.15) is 10.5 Å². The minimum Gasteiger partial charge on any atom is -0.494 e. The SMILES string of the molecule is COc1c(C(=O)O)cc(Cl)cc1S(=O)(=O)CC(C)C. The van der Waals surface area contributed by atoms with Crippen LogP contribution in [0.2, 0.25) is 5.02 Å². The van der Waals surface area contributed by atoms with E-state index in [1.807, 2.05) is 0 Å². The van der Waals surface area contributed by atoms with Crippen LogP contribution >= 0.6 is 11.6 Å². The van der Waals surface area contributed by atoms with E-state index in [0.717, 1.165) is 6.07 Å². The van der Waals surface area contributed by atoms with Crippen LogP contribution in [0.5, 0.6) is 5.75 Å². The normalized spacial score (nSPS) is 11.6. The first-order valence-electron chi connectivity index (χ1n) is 5.52. The molecule has 0 aliphatic heterocycles. The molecule has 1 N–H and O–H groups in total. The van der Waals surface area contributed by atoms with Crippen LogP contribution in [0, 0.1) is 5.92 Å². The van der Waals surface area contributed by atoms with Crippen LogP contribution in [0.3, 0.4) is 0 Å². The van der Waals surface area contributed by atoms with Crippen molar-refractivity contribution in [3.05, 3.63) is 22.7 Å². The van der Waals surface area contributed by atoms with E-state index in [2.05, 4.69) is 0 Å². The Morgan fingerprint density at radius 1 is 1.42 bits per heavy atom. The first-order valence-corrected chi connectivity index (χ1v) is 7.55. The molecule has 1 aromatic carbocycles. The molecule has 0 spiro atoms. The average molecular weight is 307 g/mol. The van der Waals surface area contributed by atoms with Crippen LogP contribution in [0.25, 0.3) is 0 Å². The Balaban J connectivity index is 3.55. The van der Waals surface area contributed by atoms with Crippen LogP contribution in [-0.4, -0.2) is 32.4 Å². The molecule has 0 heterocycles. The lowest BCUT2D eigenvalue weighted by Gasteiger charge is -2.13. The summed E-state index contributed by atoms with van der Waals surface area (Å²) in [5.74, 6) is -1.68. The number of carbonyl (C=O) groups is 1. The second-order valence-electron chi connectivity index (χ2n) is 4.47. The molecule has 0 aliphatic rings. The third-order valence-electron chi connectivity index (χ3n) is 2.34. The van der Waals surface area contributed by atoms with Gasteiger partial charge in [0.2, 0.25) is 0 Å². The number of benzene rings is 1. The molecule has 0 fully saturated rings. The molecule has 0 saturated carbocycles. The highest BCUT2D eigenvalue weighted by molar-refractivity contribution is 7.91. The molecule has 0 radical (unpaired) electrons. The average Bonchev–Trinajstić information content (AvgIpc) is 2.25. The number of rotatable bonds is 5. The summed E-state index contributed by atoms with van der Waals surface area (Å²) < 4.78 is 29.4. The smallest absolute Gasteiger partial charge is 0.339 e. The van der Waals surface area contributed by atoms with Crippen molar-refractivity contribution >= 4 is 27.4 Å². The molecule has 0 aliphatic carbocycles. The van der Waals surface area contributed by atoms with Gasteiger partial charge in [-0.3, -0.25) is 0 Å². The summed E-state index contributed by atoms with van der Waals surface area (Å²) in [6.07, 6.45) is 0. The van der Waals surface area contributed by atoms with Gasteiger partial charge in [0, 0.05) is 5.02 Å². The minimum atomic E-state index is -3.65. The van der Waals surface area contributed by atoms with Gasteiger partial charge in [-0.15, -0.1) is 0 Å². The van der Waals surface area contributed by atoms with Crippen molar-refractivity contribution in [3.63, 3.8) is 0 Å². The fraction of sp³-hybridized carbons (Fsp3) is 0.417. The zero-order valence-corrected chi connectivity index (χ0v) is 12.4. The first kappa shape index (κ1) is 15.8. The topological polar surface area (TPSA) is 80.7 Å². The van der Waals surface area contributed by atoms with Gasteiger partial charge in [-0.1, -0.05) is 25.4 Å². The van der Waals surface area contributed by atoms with Crippen LogP contribution in [0.15, 0.2) is 17.0 Å². The molecule has 0 saturated heterocycles. The summed E-state index contributed by atoms with van der Waals surface area (Å²) in [6, 6.07) is 2.38. The second-order valence-corrected chi connectivity index (χ2v) is 6.90. The zero-order valence-electron chi connectivity index (χ0n) is 10.8. The highest BCUT2D eigenvalue weighted by Crippen LogP contribution is 2.33. The third kappa shape index (κ3) is 3.61. The maximum Gasteiger partial charge on any atom is 0.339 e. The Kier molecular flexibility index (Phi) is 4.81. The van der Waals surface area contributed by atoms with Crippen LogP contribution in [0.4, 0.5) is 0 Å². The summed E-state index contributed by atoms with van der Waals surface area (Å²) in [5.41, 5.74) is -0.266. The number of hydrogen-bond donors (Lipinski definition) is 1. The number of carboxylic acid groups (broad SMARTS) is 1. The molecular formula is C12H15ClO5S. The van der Waals surface area contributed by atoms with E-state index in [0.29, 0.717) is 0 Å². The number of carboxylic acids is 1. The van der Waals surface area contributed by atoms with Gasteiger partial charge >= 0.3 is 5.97 Å². The number of aromatic carboxylic acids is 1. The van der Waals surface area contributed by atoms with Crippen molar-refractivity contribution < 1.29 is 23.1 Å². The molecular weight excluding hydrogens is 292 g/mol. The van der Waals surface area contributed by atoms with Gasteiger partial charge in [-0.2, -0.15) is 0 Å². The standard InChI is InChI=1S/C12H15ClO5S/c1-7(2)6-19(16,17)10-5-8(13)4-9(12(14)15)11(10)18-3/h4-5,7H,6H2,1-3H3,(H,14,15).